The van der Waals surface area contributed by atoms with E-state index in [2.05, 4.69) is 13.8 Å². The Bertz CT molecular complexity index is 886. The zero-order valence-corrected chi connectivity index (χ0v) is 40.5. The van der Waals surface area contributed by atoms with Crippen LogP contribution in [0.2, 0.25) is 0 Å². The van der Waals surface area contributed by atoms with Crippen LogP contribution in [0.5, 0.6) is 0 Å². The SMILES string of the molecule is CCCCCCCCCCCCOCC(COCCOCC(COCCCCCCCCCCCC)OCCCS(=O)(=O)[O-])OCCCS(=O)(=O)[O-].[Na+].[Na+]. The summed E-state index contributed by atoms with van der Waals surface area (Å²) in [5.74, 6) is -0.959. The molecule has 0 heterocycles. The fraction of sp³-hybridized carbons (Fsp3) is 1.00. The minimum absolute atomic E-state index is 0. The summed E-state index contributed by atoms with van der Waals surface area (Å²) in [6, 6.07) is 0. The molecule has 0 rings (SSSR count). The molecule has 12 nitrogen and oxygen atoms in total. The first kappa shape index (κ1) is 59.9. The summed E-state index contributed by atoms with van der Waals surface area (Å²) in [7, 11) is -8.59. The van der Waals surface area contributed by atoms with Crippen LogP contribution in [0, 0.1) is 0 Å². The van der Waals surface area contributed by atoms with E-state index in [-0.39, 0.29) is 112 Å². The average molecular weight is 835 g/mol. The molecular formula is C38H76Na2O12S2. The van der Waals surface area contributed by atoms with Gasteiger partial charge < -0.3 is 37.5 Å². The van der Waals surface area contributed by atoms with Gasteiger partial charge in [0.2, 0.25) is 0 Å². The van der Waals surface area contributed by atoms with Crippen LogP contribution in [0.25, 0.3) is 0 Å². The number of unbranched alkanes of at least 4 members (excludes halogenated alkanes) is 18. The van der Waals surface area contributed by atoms with Crippen molar-refractivity contribution in [3.05, 3.63) is 0 Å². The first-order valence-electron chi connectivity index (χ1n) is 20.5. The molecule has 0 fully saturated rings. The second kappa shape index (κ2) is 44.1. The van der Waals surface area contributed by atoms with E-state index in [1.807, 2.05) is 0 Å². The molecule has 54 heavy (non-hydrogen) atoms. The molecule has 0 aliphatic rings. The molecule has 0 aromatic rings. The van der Waals surface area contributed by atoms with Gasteiger partial charge >= 0.3 is 59.1 Å². The molecule has 0 aliphatic heterocycles. The molecule has 0 saturated heterocycles. The Hall–Kier alpha value is 1.58. The van der Waals surface area contributed by atoms with Crippen molar-refractivity contribution in [3.8, 4) is 0 Å². The van der Waals surface area contributed by atoms with Gasteiger partial charge in [0.25, 0.3) is 0 Å². The van der Waals surface area contributed by atoms with Crippen molar-refractivity contribution >= 4 is 20.2 Å². The van der Waals surface area contributed by atoms with Gasteiger partial charge in [0.15, 0.2) is 0 Å². The van der Waals surface area contributed by atoms with Gasteiger partial charge in [0, 0.05) is 37.9 Å². The largest absolute Gasteiger partial charge is 1.00 e. The Kier molecular flexibility index (Phi) is 49.0. The quantitative estimate of drug-likeness (QED) is 0.0495. The summed E-state index contributed by atoms with van der Waals surface area (Å²) in [5, 5.41) is 0. The molecule has 0 amide bonds. The van der Waals surface area contributed by atoms with Crippen LogP contribution in [0.1, 0.15) is 155 Å². The van der Waals surface area contributed by atoms with E-state index in [1.54, 1.807) is 0 Å². The van der Waals surface area contributed by atoms with Gasteiger partial charge in [-0.05, 0) is 25.7 Å². The first-order chi connectivity index (χ1) is 25.1. The minimum atomic E-state index is -4.30. The third-order valence-electron chi connectivity index (χ3n) is 8.66. The van der Waals surface area contributed by atoms with E-state index >= 15 is 0 Å². The van der Waals surface area contributed by atoms with E-state index in [9.17, 15) is 25.9 Å². The van der Waals surface area contributed by atoms with E-state index < -0.39 is 43.9 Å². The van der Waals surface area contributed by atoms with Gasteiger partial charge in [-0.25, -0.2) is 16.8 Å². The van der Waals surface area contributed by atoms with Gasteiger partial charge in [-0.3, -0.25) is 0 Å². The van der Waals surface area contributed by atoms with Crippen molar-refractivity contribution in [2.75, 3.05) is 77.6 Å². The van der Waals surface area contributed by atoms with Crippen molar-refractivity contribution in [2.24, 2.45) is 0 Å². The molecule has 0 aromatic heterocycles. The Labute approximate surface area is 375 Å². The fourth-order valence-corrected chi connectivity index (χ4v) is 6.56. The number of hydrogen-bond donors (Lipinski definition) is 0. The molecular weight excluding hydrogens is 759 g/mol. The second-order valence-corrected chi connectivity index (χ2v) is 16.9. The Morgan fingerprint density at radius 2 is 0.630 bits per heavy atom. The Balaban J connectivity index is -0.0000130. The molecule has 2 atom stereocenters. The summed E-state index contributed by atoms with van der Waals surface area (Å²) >= 11 is 0. The second-order valence-electron chi connectivity index (χ2n) is 13.9. The van der Waals surface area contributed by atoms with E-state index in [0.717, 1.165) is 25.7 Å². The molecule has 0 aliphatic carbocycles. The Morgan fingerprint density at radius 1 is 0.370 bits per heavy atom. The average Bonchev–Trinajstić information content (AvgIpc) is 3.09. The van der Waals surface area contributed by atoms with Crippen LogP contribution < -0.4 is 59.1 Å². The zero-order valence-electron chi connectivity index (χ0n) is 34.9. The zero-order chi connectivity index (χ0) is 38.4. The van der Waals surface area contributed by atoms with E-state index in [0.29, 0.717) is 26.4 Å². The van der Waals surface area contributed by atoms with E-state index in [1.165, 1.54) is 103 Å². The predicted octanol–water partition coefficient (Wildman–Crippen LogP) is 1.54. The molecule has 0 N–H and O–H groups in total. The Morgan fingerprint density at radius 3 is 0.907 bits per heavy atom. The summed E-state index contributed by atoms with van der Waals surface area (Å²) < 4.78 is 100. The molecule has 16 heteroatoms. The fourth-order valence-electron chi connectivity index (χ4n) is 5.62. The first-order valence-corrected chi connectivity index (χ1v) is 23.6. The van der Waals surface area contributed by atoms with Crippen LogP contribution in [0.3, 0.4) is 0 Å². The van der Waals surface area contributed by atoms with E-state index in [4.69, 9.17) is 28.4 Å². The predicted molar refractivity (Wildman–Crippen MR) is 205 cm³/mol. The van der Waals surface area contributed by atoms with Crippen molar-refractivity contribution in [1.29, 1.82) is 0 Å². The summed E-state index contributed by atoms with van der Waals surface area (Å²) in [5.41, 5.74) is 0. The summed E-state index contributed by atoms with van der Waals surface area (Å²) in [6.45, 7) is 7.48. The number of ether oxygens (including phenoxy) is 6. The molecule has 0 saturated carbocycles. The maximum absolute atomic E-state index is 10.9. The van der Waals surface area contributed by atoms with Crippen LogP contribution in [0.15, 0.2) is 0 Å². The van der Waals surface area contributed by atoms with Crippen molar-refractivity contribution in [2.45, 2.75) is 167 Å². The third-order valence-corrected chi connectivity index (χ3v) is 10.2. The normalized spacial score (nSPS) is 13.0. The maximum Gasteiger partial charge on any atom is 1.00 e. The molecule has 0 radical (unpaired) electrons. The smallest absolute Gasteiger partial charge is 0.748 e. The molecule has 0 aromatic carbocycles. The maximum atomic E-state index is 10.9. The van der Waals surface area contributed by atoms with Crippen LogP contribution in [0.4, 0.5) is 0 Å². The van der Waals surface area contributed by atoms with Gasteiger partial charge in [-0.1, -0.05) is 129 Å². The van der Waals surface area contributed by atoms with Crippen LogP contribution >= 0.6 is 0 Å². The van der Waals surface area contributed by atoms with Crippen molar-refractivity contribution in [3.63, 3.8) is 0 Å². The van der Waals surface area contributed by atoms with Crippen molar-refractivity contribution < 1.29 is 113 Å². The molecule has 314 valence electrons. The third kappa shape index (κ3) is 49.7. The number of rotatable bonds is 43. The van der Waals surface area contributed by atoms with Gasteiger partial charge in [-0.15, -0.1) is 0 Å². The monoisotopic (exact) mass is 834 g/mol. The summed E-state index contributed by atoms with van der Waals surface area (Å²) in [6.07, 6.45) is 24.2. The van der Waals surface area contributed by atoms with Gasteiger partial charge in [-0.2, -0.15) is 0 Å². The minimum Gasteiger partial charge on any atom is -0.748 e. The van der Waals surface area contributed by atoms with Gasteiger partial charge in [0.05, 0.1) is 59.9 Å². The number of hydrogen-bond acceptors (Lipinski definition) is 12. The van der Waals surface area contributed by atoms with Crippen LogP contribution in [-0.2, 0) is 48.7 Å². The van der Waals surface area contributed by atoms with Crippen molar-refractivity contribution in [1.82, 2.24) is 0 Å². The topological polar surface area (TPSA) is 170 Å². The standard InChI is InChI=1S/C38H78O12S2.2Na/c1-3-5-7-9-11-13-15-17-19-21-25-45-33-37(49-27-23-31-51(39,40)41)35-47-29-30-48-36-38(50-28-24-32-52(42,43)44)34-46-26-22-20-18-16-14-12-10-8-6-4-2;;/h37-38H,3-36H2,1-2H3,(H,39,40,41)(H,42,43,44);;/q;2*+1/p-2. The molecule has 0 spiro atoms. The molecule has 0 bridgehead atoms. The van der Waals surface area contributed by atoms with Crippen LogP contribution in [-0.4, -0.2) is 116 Å². The van der Waals surface area contributed by atoms with Gasteiger partial charge in [0.1, 0.15) is 12.2 Å². The summed E-state index contributed by atoms with van der Waals surface area (Å²) in [4.78, 5) is 0. The molecule has 2 unspecified atom stereocenters.